The van der Waals surface area contributed by atoms with Crippen LogP contribution in [0.15, 0.2) is 18.2 Å². The topological polar surface area (TPSA) is 32.7 Å². The first-order valence-corrected chi connectivity index (χ1v) is 6.34. The number of benzene rings is 1. The number of hydrogen-bond donors (Lipinski definition) is 1. The molecular weight excluding hydrogens is 214 g/mol. The fourth-order valence-electron chi connectivity index (χ4n) is 2.75. The van der Waals surface area contributed by atoms with Crippen LogP contribution < -0.4 is 4.74 Å². The first-order chi connectivity index (χ1) is 8.17. The van der Waals surface area contributed by atoms with Gasteiger partial charge in [0.25, 0.3) is 0 Å². The fraction of sp³-hybridized carbons (Fsp3) is 0.571. The maximum atomic E-state index is 10.7. The molecule has 0 radical (unpaired) electrons. The Kier molecular flexibility index (Phi) is 2.60. The van der Waals surface area contributed by atoms with Crippen LogP contribution in [0.1, 0.15) is 24.0 Å². The molecule has 0 aromatic heterocycles. The zero-order valence-electron chi connectivity index (χ0n) is 10.3. The van der Waals surface area contributed by atoms with Crippen molar-refractivity contribution in [3.63, 3.8) is 0 Å². The van der Waals surface area contributed by atoms with Crippen molar-refractivity contribution in [3.05, 3.63) is 29.3 Å². The largest absolute Gasteiger partial charge is 0.493 e. The van der Waals surface area contributed by atoms with Crippen LogP contribution in [0.2, 0.25) is 0 Å². The maximum absolute atomic E-state index is 10.7. The lowest BCUT2D eigenvalue weighted by Gasteiger charge is -2.37. The number of fused-ring (bicyclic) bond motifs is 1. The number of ether oxygens (including phenoxy) is 1. The summed E-state index contributed by atoms with van der Waals surface area (Å²) in [5, 5.41) is 10.7. The second-order valence-corrected chi connectivity index (χ2v) is 5.26. The molecule has 0 saturated carbocycles. The first-order valence-electron chi connectivity index (χ1n) is 6.34. The SMILES string of the molecule is CN1CCC(O)(c2ccc3c(c2)CCO3)CC1. The van der Waals surface area contributed by atoms with Crippen LogP contribution >= 0.6 is 0 Å². The van der Waals surface area contributed by atoms with Crippen molar-refractivity contribution < 1.29 is 9.84 Å². The third kappa shape index (κ3) is 1.94. The maximum Gasteiger partial charge on any atom is 0.122 e. The van der Waals surface area contributed by atoms with Crippen LogP contribution in [0.5, 0.6) is 5.75 Å². The van der Waals surface area contributed by atoms with E-state index in [2.05, 4.69) is 18.0 Å². The van der Waals surface area contributed by atoms with E-state index in [0.717, 1.165) is 50.3 Å². The van der Waals surface area contributed by atoms with Crippen molar-refractivity contribution >= 4 is 0 Å². The van der Waals surface area contributed by atoms with Gasteiger partial charge in [-0.3, -0.25) is 0 Å². The Hall–Kier alpha value is -1.06. The summed E-state index contributed by atoms with van der Waals surface area (Å²) in [7, 11) is 2.11. The van der Waals surface area contributed by atoms with E-state index >= 15 is 0 Å². The molecule has 0 amide bonds. The highest BCUT2D eigenvalue weighted by molar-refractivity contribution is 5.41. The lowest BCUT2D eigenvalue weighted by atomic mass is 9.84. The van der Waals surface area contributed by atoms with Crippen LogP contribution in [0.4, 0.5) is 0 Å². The molecule has 3 nitrogen and oxygen atoms in total. The molecule has 17 heavy (non-hydrogen) atoms. The minimum absolute atomic E-state index is 0.635. The van der Waals surface area contributed by atoms with E-state index < -0.39 is 5.60 Å². The minimum Gasteiger partial charge on any atom is -0.493 e. The van der Waals surface area contributed by atoms with Crippen LogP contribution in [0.3, 0.4) is 0 Å². The summed E-state index contributed by atoms with van der Waals surface area (Å²) in [5.74, 6) is 0.991. The lowest BCUT2D eigenvalue weighted by molar-refractivity contribution is -0.0203. The Bertz CT molecular complexity index is 422. The quantitative estimate of drug-likeness (QED) is 0.798. The van der Waals surface area contributed by atoms with Crippen LogP contribution in [-0.2, 0) is 12.0 Å². The van der Waals surface area contributed by atoms with Gasteiger partial charge in [-0.05, 0) is 43.1 Å². The van der Waals surface area contributed by atoms with Gasteiger partial charge in [0.05, 0.1) is 12.2 Å². The average Bonchev–Trinajstić information content (AvgIpc) is 2.80. The van der Waals surface area contributed by atoms with Crippen LogP contribution in [-0.4, -0.2) is 36.8 Å². The zero-order chi connectivity index (χ0) is 11.9. The second kappa shape index (κ2) is 4.00. The van der Waals surface area contributed by atoms with E-state index in [1.165, 1.54) is 5.56 Å². The van der Waals surface area contributed by atoms with Gasteiger partial charge in [-0.2, -0.15) is 0 Å². The average molecular weight is 233 g/mol. The summed E-state index contributed by atoms with van der Waals surface area (Å²) < 4.78 is 5.50. The van der Waals surface area contributed by atoms with Crippen molar-refractivity contribution in [2.45, 2.75) is 24.9 Å². The summed E-state index contributed by atoms with van der Waals surface area (Å²) in [6.07, 6.45) is 2.62. The highest BCUT2D eigenvalue weighted by Gasteiger charge is 2.33. The van der Waals surface area contributed by atoms with E-state index in [1.54, 1.807) is 0 Å². The molecular formula is C14H19NO2. The number of nitrogens with zero attached hydrogens (tertiary/aromatic N) is 1. The van der Waals surface area contributed by atoms with Crippen molar-refractivity contribution in [3.8, 4) is 5.75 Å². The normalized spacial score (nSPS) is 23.2. The smallest absolute Gasteiger partial charge is 0.122 e. The van der Waals surface area contributed by atoms with Gasteiger partial charge >= 0.3 is 0 Å². The Labute approximate surface area is 102 Å². The molecule has 1 saturated heterocycles. The molecule has 0 spiro atoms. The first kappa shape index (κ1) is 11.1. The Morgan fingerprint density at radius 1 is 1.29 bits per heavy atom. The van der Waals surface area contributed by atoms with Gasteiger partial charge in [-0.15, -0.1) is 0 Å². The molecule has 2 aliphatic heterocycles. The number of rotatable bonds is 1. The van der Waals surface area contributed by atoms with E-state index in [4.69, 9.17) is 4.74 Å². The van der Waals surface area contributed by atoms with Gasteiger partial charge in [0, 0.05) is 19.5 Å². The molecule has 1 aromatic carbocycles. The van der Waals surface area contributed by atoms with Crippen molar-refractivity contribution in [1.29, 1.82) is 0 Å². The lowest BCUT2D eigenvalue weighted by Crippen LogP contribution is -2.40. The Morgan fingerprint density at radius 3 is 2.82 bits per heavy atom. The van der Waals surface area contributed by atoms with Crippen molar-refractivity contribution in [2.75, 3.05) is 26.7 Å². The number of likely N-dealkylation sites (tertiary alicyclic amines) is 1. The molecule has 92 valence electrons. The van der Waals surface area contributed by atoms with Crippen LogP contribution in [0, 0.1) is 0 Å². The van der Waals surface area contributed by atoms with Gasteiger partial charge in [0.2, 0.25) is 0 Å². The predicted octanol–water partition coefficient (Wildman–Crippen LogP) is 1.53. The molecule has 1 N–H and O–H groups in total. The second-order valence-electron chi connectivity index (χ2n) is 5.26. The van der Waals surface area contributed by atoms with E-state index in [9.17, 15) is 5.11 Å². The van der Waals surface area contributed by atoms with Gasteiger partial charge < -0.3 is 14.7 Å². The van der Waals surface area contributed by atoms with E-state index in [0.29, 0.717) is 0 Å². The summed E-state index contributed by atoms with van der Waals surface area (Å²) in [4.78, 5) is 2.27. The monoisotopic (exact) mass is 233 g/mol. The Morgan fingerprint density at radius 2 is 2.06 bits per heavy atom. The molecule has 1 aromatic rings. The Balaban J connectivity index is 1.88. The zero-order valence-corrected chi connectivity index (χ0v) is 10.3. The third-order valence-corrected chi connectivity index (χ3v) is 4.04. The third-order valence-electron chi connectivity index (χ3n) is 4.04. The highest BCUT2D eigenvalue weighted by Crippen LogP contribution is 2.36. The minimum atomic E-state index is -0.635. The highest BCUT2D eigenvalue weighted by atomic mass is 16.5. The van der Waals surface area contributed by atoms with Gasteiger partial charge in [0.1, 0.15) is 5.75 Å². The standard InChI is InChI=1S/C14H19NO2/c1-15-7-5-14(16,6-8-15)12-2-3-13-11(10-12)4-9-17-13/h2-3,10,16H,4-9H2,1H3. The summed E-state index contributed by atoms with van der Waals surface area (Å²) >= 11 is 0. The van der Waals surface area contributed by atoms with Gasteiger partial charge in [-0.1, -0.05) is 6.07 Å². The van der Waals surface area contributed by atoms with Crippen LogP contribution in [0.25, 0.3) is 0 Å². The summed E-state index contributed by atoms with van der Waals surface area (Å²) in [6, 6.07) is 6.16. The molecule has 0 aliphatic carbocycles. The van der Waals surface area contributed by atoms with Crippen molar-refractivity contribution in [2.24, 2.45) is 0 Å². The number of hydrogen-bond acceptors (Lipinski definition) is 3. The summed E-state index contributed by atoms with van der Waals surface area (Å²) in [6.45, 7) is 2.70. The number of aliphatic hydroxyl groups is 1. The fourth-order valence-corrected chi connectivity index (χ4v) is 2.75. The van der Waals surface area contributed by atoms with E-state index in [-0.39, 0.29) is 0 Å². The molecule has 0 unspecified atom stereocenters. The van der Waals surface area contributed by atoms with Gasteiger partial charge in [0.15, 0.2) is 0 Å². The number of piperidine rings is 1. The van der Waals surface area contributed by atoms with Gasteiger partial charge in [-0.25, -0.2) is 0 Å². The molecule has 2 aliphatic rings. The molecule has 1 fully saturated rings. The molecule has 2 heterocycles. The summed E-state index contributed by atoms with van der Waals surface area (Å²) in [5.41, 5.74) is 1.68. The predicted molar refractivity (Wildman–Crippen MR) is 66.3 cm³/mol. The molecule has 3 rings (SSSR count). The molecule has 0 bridgehead atoms. The molecule has 3 heteroatoms. The van der Waals surface area contributed by atoms with E-state index in [1.807, 2.05) is 12.1 Å². The molecule has 0 atom stereocenters. The van der Waals surface area contributed by atoms with Crippen molar-refractivity contribution in [1.82, 2.24) is 4.90 Å².